The van der Waals surface area contributed by atoms with Crippen LogP contribution in [0.5, 0.6) is 5.19 Å². The number of amides is 3. The minimum absolute atomic E-state index is 0.0786. The van der Waals surface area contributed by atoms with E-state index in [9.17, 15) is 14.4 Å². The number of aromatic nitrogens is 1. The molecule has 0 saturated carbocycles. The molecule has 2 aliphatic heterocycles. The molecule has 0 spiro atoms. The van der Waals surface area contributed by atoms with Crippen molar-refractivity contribution in [2.24, 2.45) is 0 Å². The van der Waals surface area contributed by atoms with E-state index < -0.39 is 0 Å². The van der Waals surface area contributed by atoms with Crippen molar-refractivity contribution in [3.05, 3.63) is 11.6 Å². The lowest BCUT2D eigenvalue weighted by Crippen LogP contribution is -2.42. The molecule has 2 aliphatic rings. The average Bonchev–Trinajstić information content (AvgIpc) is 3.18. The Morgan fingerprint density at radius 3 is 2.81 bits per heavy atom. The Balaban J connectivity index is 1.52. The second-order valence-electron chi connectivity index (χ2n) is 5.04. The molecule has 0 aliphatic carbocycles. The Hall–Kier alpha value is -1.96. The van der Waals surface area contributed by atoms with E-state index in [0.29, 0.717) is 18.3 Å². The number of hydrogen-bond donors (Lipinski definition) is 0. The van der Waals surface area contributed by atoms with Gasteiger partial charge in [-0.05, 0) is 0 Å². The number of carbonyl (C=O) groups is 3. The quantitative estimate of drug-likeness (QED) is 0.746. The summed E-state index contributed by atoms with van der Waals surface area (Å²) in [6.07, 6.45) is 2.74. The first-order chi connectivity index (χ1) is 10.1. The number of nitrogens with zero attached hydrogens (tertiary/aromatic N) is 3. The third-order valence-electron chi connectivity index (χ3n) is 3.62. The summed E-state index contributed by atoms with van der Waals surface area (Å²) in [7, 11) is 0. The molecule has 21 heavy (non-hydrogen) atoms. The van der Waals surface area contributed by atoms with Crippen molar-refractivity contribution in [1.29, 1.82) is 0 Å². The number of thiazole rings is 1. The Labute approximate surface area is 125 Å². The molecule has 1 aromatic rings. The Bertz CT molecular complexity index is 544. The van der Waals surface area contributed by atoms with Crippen LogP contribution >= 0.6 is 11.3 Å². The summed E-state index contributed by atoms with van der Waals surface area (Å²) in [5.74, 6) is -0.727. The van der Waals surface area contributed by atoms with Crippen molar-refractivity contribution >= 4 is 29.1 Å². The second kappa shape index (κ2) is 5.80. The average molecular weight is 309 g/mol. The fraction of sp³-hybridized carbons (Fsp3) is 0.538. The fourth-order valence-electron chi connectivity index (χ4n) is 2.50. The summed E-state index contributed by atoms with van der Waals surface area (Å²) in [5.41, 5.74) is 0. The van der Waals surface area contributed by atoms with Crippen LogP contribution in [0.25, 0.3) is 0 Å². The predicted octanol–water partition coefficient (Wildman–Crippen LogP) is 0.272. The van der Waals surface area contributed by atoms with Gasteiger partial charge in [0.2, 0.25) is 17.7 Å². The number of imide groups is 1. The highest BCUT2D eigenvalue weighted by molar-refractivity contribution is 7.11. The topological polar surface area (TPSA) is 79.8 Å². The van der Waals surface area contributed by atoms with Gasteiger partial charge in [0, 0.05) is 37.4 Å². The maximum absolute atomic E-state index is 12.2. The molecule has 3 heterocycles. The zero-order chi connectivity index (χ0) is 14.8. The lowest BCUT2D eigenvalue weighted by atomic mass is 10.3. The van der Waals surface area contributed by atoms with E-state index in [2.05, 4.69) is 4.98 Å². The summed E-state index contributed by atoms with van der Waals surface area (Å²) >= 11 is 1.41. The molecule has 8 heteroatoms. The Kier molecular flexibility index (Phi) is 3.87. The number of carbonyl (C=O) groups excluding carboxylic acids is 3. The molecule has 2 fully saturated rings. The van der Waals surface area contributed by atoms with Gasteiger partial charge in [-0.25, -0.2) is 4.98 Å². The molecule has 0 aromatic carbocycles. The van der Waals surface area contributed by atoms with E-state index in [0.717, 1.165) is 11.3 Å². The summed E-state index contributed by atoms with van der Waals surface area (Å²) < 4.78 is 5.67. The van der Waals surface area contributed by atoms with Crippen LogP contribution in [0, 0.1) is 0 Å². The number of ether oxygens (including phenoxy) is 1. The normalized spacial score (nSPS) is 22.2. The minimum Gasteiger partial charge on any atom is -0.465 e. The third-order valence-corrected chi connectivity index (χ3v) is 4.28. The molecule has 2 saturated heterocycles. The third kappa shape index (κ3) is 3.05. The van der Waals surface area contributed by atoms with Gasteiger partial charge in [0.1, 0.15) is 12.6 Å². The highest BCUT2D eigenvalue weighted by Gasteiger charge is 2.34. The summed E-state index contributed by atoms with van der Waals surface area (Å²) in [5, 5.41) is 2.43. The van der Waals surface area contributed by atoms with E-state index in [1.807, 2.05) is 5.38 Å². The summed E-state index contributed by atoms with van der Waals surface area (Å²) in [6.45, 7) is 0.890. The van der Waals surface area contributed by atoms with Crippen molar-refractivity contribution in [2.75, 3.05) is 19.6 Å². The zero-order valence-electron chi connectivity index (χ0n) is 11.4. The van der Waals surface area contributed by atoms with Crippen LogP contribution in [0.15, 0.2) is 11.6 Å². The van der Waals surface area contributed by atoms with Gasteiger partial charge in [0.15, 0.2) is 0 Å². The lowest BCUT2D eigenvalue weighted by molar-refractivity contribution is -0.145. The standard InChI is InChI=1S/C13H15N3O4S/c17-10-1-2-11(18)16(10)8-12(19)15-5-3-9(7-15)20-13-14-4-6-21-13/h4,6,9H,1-3,5,7-8H2. The van der Waals surface area contributed by atoms with Gasteiger partial charge < -0.3 is 9.64 Å². The molecule has 3 amide bonds. The molecule has 1 aromatic heterocycles. The molecular formula is C13H15N3O4S. The fourth-order valence-corrected chi connectivity index (χ4v) is 3.05. The van der Waals surface area contributed by atoms with Gasteiger partial charge in [-0.2, -0.15) is 0 Å². The SMILES string of the molecule is O=C(CN1C(=O)CCC1=O)N1CCC(Oc2nccs2)C1. The number of likely N-dealkylation sites (tertiary alicyclic amines) is 2. The van der Waals surface area contributed by atoms with Crippen LogP contribution in [-0.2, 0) is 14.4 Å². The van der Waals surface area contributed by atoms with Gasteiger partial charge in [-0.15, -0.1) is 0 Å². The monoisotopic (exact) mass is 309 g/mol. The Morgan fingerprint density at radius 2 is 2.14 bits per heavy atom. The van der Waals surface area contributed by atoms with E-state index in [1.54, 1.807) is 11.1 Å². The molecule has 0 radical (unpaired) electrons. The molecule has 3 rings (SSSR count). The second-order valence-corrected chi connectivity index (χ2v) is 5.90. The molecule has 112 valence electrons. The van der Waals surface area contributed by atoms with Crippen molar-refractivity contribution in [1.82, 2.24) is 14.8 Å². The maximum Gasteiger partial charge on any atom is 0.273 e. The number of rotatable bonds is 4. The predicted molar refractivity (Wildman–Crippen MR) is 73.7 cm³/mol. The van der Waals surface area contributed by atoms with E-state index in [4.69, 9.17) is 4.74 Å². The largest absolute Gasteiger partial charge is 0.465 e. The number of hydrogen-bond acceptors (Lipinski definition) is 6. The van der Waals surface area contributed by atoms with Gasteiger partial charge in [0.25, 0.3) is 5.19 Å². The Morgan fingerprint density at radius 1 is 1.38 bits per heavy atom. The van der Waals surface area contributed by atoms with Gasteiger partial charge in [-0.3, -0.25) is 19.3 Å². The highest BCUT2D eigenvalue weighted by atomic mass is 32.1. The first-order valence-electron chi connectivity index (χ1n) is 6.80. The van der Waals surface area contributed by atoms with Gasteiger partial charge >= 0.3 is 0 Å². The van der Waals surface area contributed by atoms with Crippen LogP contribution in [-0.4, -0.2) is 58.2 Å². The highest BCUT2D eigenvalue weighted by Crippen LogP contribution is 2.21. The van der Waals surface area contributed by atoms with Crippen LogP contribution in [0.4, 0.5) is 0 Å². The van der Waals surface area contributed by atoms with Crippen LogP contribution in [0.2, 0.25) is 0 Å². The molecule has 0 bridgehead atoms. The van der Waals surface area contributed by atoms with E-state index in [-0.39, 0.29) is 43.2 Å². The summed E-state index contributed by atoms with van der Waals surface area (Å²) in [6, 6.07) is 0. The van der Waals surface area contributed by atoms with Crippen molar-refractivity contribution in [3.8, 4) is 5.19 Å². The smallest absolute Gasteiger partial charge is 0.273 e. The molecule has 1 unspecified atom stereocenters. The van der Waals surface area contributed by atoms with Crippen LogP contribution < -0.4 is 4.74 Å². The van der Waals surface area contributed by atoms with Gasteiger partial charge in [0.05, 0.1) is 6.54 Å². The van der Waals surface area contributed by atoms with Crippen LogP contribution in [0.1, 0.15) is 19.3 Å². The molecule has 1 atom stereocenters. The first kappa shape index (κ1) is 14.0. The van der Waals surface area contributed by atoms with Crippen molar-refractivity contribution in [2.45, 2.75) is 25.4 Å². The first-order valence-corrected chi connectivity index (χ1v) is 7.68. The van der Waals surface area contributed by atoms with E-state index >= 15 is 0 Å². The lowest BCUT2D eigenvalue weighted by Gasteiger charge is -2.20. The van der Waals surface area contributed by atoms with Crippen LogP contribution in [0.3, 0.4) is 0 Å². The maximum atomic E-state index is 12.2. The molecular weight excluding hydrogens is 294 g/mol. The summed E-state index contributed by atoms with van der Waals surface area (Å²) in [4.78, 5) is 41.9. The van der Waals surface area contributed by atoms with Crippen molar-refractivity contribution in [3.63, 3.8) is 0 Å². The minimum atomic E-state index is -0.261. The molecule has 7 nitrogen and oxygen atoms in total. The van der Waals surface area contributed by atoms with E-state index in [1.165, 1.54) is 11.3 Å². The zero-order valence-corrected chi connectivity index (χ0v) is 12.2. The van der Waals surface area contributed by atoms with Crippen molar-refractivity contribution < 1.29 is 19.1 Å². The van der Waals surface area contributed by atoms with Gasteiger partial charge in [-0.1, -0.05) is 11.3 Å². The molecule has 0 N–H and O–H groups in total.